The van der Waals surface area contributed by atoms with Gasteiger partial charge in [-0.2, -0.15) is 0 Å². The van der Waals surface area contributed by atoms with Gasteiger partial charge in [0.2, 0.25) is 5.13 Å². The first kappa shape index (κ1) is 27.2. The van der Waals surface area contributed by atoms with E-state index in [1.54, 1.807) is 30.0 Å². The number of benzene rings is 2. The summed E-state index contributed by atoms with van der Waals surface area (Å²) in [5.74, 6) is 1.26. The van der Waals surface area contributed by atoms with Crippen LogP contribution >= 0.6 is 23.1 Å². The maximum atomic E-state index is 13.8. The Morgan fingerprint density at radius 3 is 2.59 bits per heavy atom. The lowest BCUT2D eigenvalue weighted by atomic mass is 9.86. The SMILES string of the molecule is CCCSc1nnc(NC(=O)[C@H]2CN(S(=O)(=O)c3ccc(OC)cc3)c3cc(C(C)(C)C)ccc3O2)s1. The number of methoxy groups -OCH3 is 1. The summed E-state index contributed by atoms with van der Waals surface area (Å²) in [6.45, 7) is 8.02. The first-order chi connectivity index (χ1) is 17.5. The number of anilines is 2. The molecule has 3 aromatic rings. The van der Waals surface area contributed by atoms with E-state index in [2.05, 4.69) is 22.4 Å². The van der Waals surface area contributed by atoms with E-state index >= 15 is 0 Å². The Hall–Kier alpha value is -2.83. The van der Waals surface area contributed by atoms with Gasteiger partial charge in [0.1, 0.15) is 11.5 Å². The minimum atomic E-state index is -4.02. The molecule has 12 heteroatoms. The average molecular weight is 563 g/mol. The van der Waals surface area contributed by atoms with Gasteiger partial charge in [0.05, 0.1) is 24.2 Å². The summed E-state index contributed by atoms with van der Waals surface area (Å²) in [5.41, 5.74) is 1.12. The molecule has 2 aromatic carbocycles. The standard InChI is InChI=1S/C25H30N4O5S3/c1-6-13-35-24-28-27-23(36-24)26-22(30)21-15-29(37(31,32)18-10-8-17(33-5)9-11-18)19-14-16(25(2,3)4)7-12-20(19)34-21/h7-12,14,21H,6,13,15H2,1-5H3,(H,26,27,30)/t21-/m1/s1. The van der Waals surface area contributed by atoms with E-state index < -0.39 is 22.0 Å². The molecule has 0 radical (unpaired) electrons. The van der Waals surface area contributed by atoms with Gasteiger partial charge >= 0.3 is 0 Å². The summed E-state index contributed by atoms with van der Waals surface area (Å²) in [7, 11) is -2.50. The molecule has 0 fully saturated rings. The third-order valence-electron chi connectivity index (χ3n) is 5.70. The van der Waals surface area contributed by atoms with Gasteiger partial charge in [-0.25, -0.2) is 8.42 Å². The second-order valence-electron chi connectivity index (χ2n) is 9.46. The number of thioether (sulfide) groups is 1. The molecule has 0 aliphatic carbocycles. The van der Waals surface area contributed by atoms with Crippen LogP contribution in [0.1, 0.15) is 39.7 Å². The van der Waals surface area contributed by atoms with E-state index in [-0.39, 0.29) is 16.9 Å². The molecular weight excluding hydrogens is 532 g/mol. The topological polar surface area (TPSA) is 111 Å². The van der Waals surface area contributed by atoms with Crippen molar-refractivity contribution in [1.29, 1.82) is 0 Å². The number of ether oxygens (including phenoxy) is 2. The normalized spacial score (nSPS) is 15.6. The fourth-order valence-electron chi connectivity index (χ4n) is 3.65. The number of sulfonamides is 1. The minimum absolute atomic E-state index is 0.0863. The smallest absolute Gasteiger partial charge is 0.269 e. The molecule has 2 heterocycles. The van der Waals surface area contributed by atoms with Gasteiger partial charge in [0.15, 0.2) is 10.4 Å². The fraction of sp³-hybridized carbons (Fsp3) is 0.400. The predicted molar refractivity (Wildman–Crippen MR) is 147 cm³/mol. The van der Waals surface area contributed by atoms with Gasteiger partial charge in [-0.15, -0.1) is 10.2 Å². The molecule has 0 saturated carbocycles. The van der Waals surface area contributed by atoms with Crippen molar-refractivity contribution in [3.8, 4) is 11.5 Å². The number of nitrogens with one attached hydrogen (secondary N) is 1. The van der Waals surface area contributed by atoms with E-state index in [4.69, 9.17) is 9.47 Å². The summed E-state index contributed by atoms with van der Waals surface area (Å²) in [6, 6.07) is 11.6. The van der Waals surface area contributed by atoms with Crippen LogP contribution < -0.4 is 19.1 Å². The Balaban J connectivity index is 1.67. The highest BCUT2D eigenvalue weighted by atomic mass is 32.2. The van der Waals surface area contributed by atoms with Crippen LogP contribution in [0.4, 0.5) is 10.8 Å². The van der Waals surface area contributed by atoms with Crippen molar-refractivity contribution >= 4 is 49.8 Å². The van der Waals surface area contributed by atoms with Crippen molar-refractivity contribution in [2.75, 3.05) is 29.0 Å². The molecule has 0 bridgehead atoms. The number of carbonyl (C=O) groups excluding carboxylic acids is 1. The van der Waals surface area contributed by atoms with Crippen LogP contribution in [-0.4, -0.2) is 50.0 Å². The van der Waals surface area contributed by atoms with E-state index in [0.717, 1.165) is 22.1 Å². The van der Waals surface area contributed by atoms with Crippen molar-refractivity contribution in [3.63, 3.8) is 0 Å². The maximum Gasteiger partial charge on any atom is 0.269 e. The largest absolute Gasteiger partial charge is 0.497 e. The molecule has 1 atom stereocenters. The Bertz CT molecular complexity index is 1370. The van der Waals surface area contributed by atoms with Gasteiger partial charge < -0.3 is 9.47 Å². The monoisotopic (exact) mass is 562 g/mol. The number of aromatic nitrogens is 2. The first-order valence-corrected chi connectivity index (χ1v) is 15.0. The third kappa shape index (κ3) is 6.02. The lowest BCUT2D eigenvalue weighted by Crippen LogP contribution is -2.49. The molecule has 0 spiro atoms. The molecule has 0 unspecified atom stereocenters. The van der Waals surface area contributed by atoms with Crippen molar-refractivity contribution < 1.29 is 22.7 Å². The number of rotatable bonds is 8. The number of nitrogens with zero attached hydrogens (tertiary/aromatic N) is 3. The number of amides is 1. The summed E-state index contributed by atoms with van der Waals surface area (Å²) >= 11 is 2.84. The zero-order valence-electron chi connectivity index (χ0n) is 21.3. The zero-order valence-corrected chi connectivity index (χ0v) is 23.8. The number of carbonyl (C=O) groups is 1. The van der Waals surface area contributed by atoms with E-state index in [1.165, 1.54) is 34.9 Å². The van der Waals surface area contributed by atoms with E-state index in [1.807, 2.05) is 32.9 Å². The molecule has 0 saturated heterocycles. The summed E-state index contributed by atoms with van der Waals surface area (Å²) in [5, 5.41) is 11.2. The van der Waals surface area contributed by atoms with Crippen LogP contribution in [0.15, 0.2) is 51.7 Å². The molecule has 1 N–H and O–H groups in total. The average Bonchev–Trinajstić information content (AvgIpc) is 3.32. The van der Waals surface area contributed by atoms with E-state index in [0.29, 0.717) is 22.3 Å². The minimum Gasteiger partial charge on any atom is -0.497 e. The molecule has 1 aliphatic heterocycles. The Labute approximate surface area is 225 Å². The Morgan fingerprint density at radius 1 is 1.22 bits per heavy atom. The highest BCUT2D eigenvalue weighted by molar-refractivity contribution is 8.01. The summed E-state index contributed by atoms with van der Waals surface area (Å²) < 4.78 is 40.8. The van der Waals surface area contributed by atoms with Crippen molar-refractivity contribution in [3.05, 3.63) is 48.0 Å². The molecule has 1 aliphatic rings. The van der Waals surface area contributed by atoms with Gasteiger partial charge in [0, 0.05) is 5.75 Å². The van der Waals surface area contributed by atoms with Gasteiger partial charge in [-0.1, -0.05) is 56.9 Å². The molecule has 1 amide bonds. The van der Waals surface area contributed by atoms with Crippen LogP contribution in [-0.2, 0) is 20.2 Å². The van der Waals surface area contributed by atoms with Crippen LogP contribution in [0, 0.1) is 0 Å². The van der Waals surface area contributed by atoms with Crippen LogP contribution in [0.25, 0.3) is 0 Å². The third-order valence-corrected chi connectivity index (χ3v) is 9.67. The van der Waals surface area contributed by atoms with Crippen molar-refractivity contribution in [2.24, 2.45) is 0 Å². The molecule has 9 nitrogen and oxygen atoms in total. The van der Waals surface area contributed by atoms with Crippen molar-refractivity contribution in [1.82, 2.24) is 10.2 Å². The molecule has 1 aromatic heterocycles. The zero-order chi connectivity index (χ0) is 26.8. The molecule has 198 valence electrons. The Morgan fingerprint density at radius 2 is 1.95 bits per heavy atom. The van der Waals surface area contributed by atoms with Crippen LogP contribution in [0.5, 0.6) is 11.5 Å². The first-order valence-electron chi connectivity index (χ1n) is 11.8. The maximum absolute atomic E-state index is 13.8. The molecule has 4 rings (SSSR count). The number of hydrogen-bond acceptors (Lipinski definition) is 9. The van der Waals surface area contributed by atoms with Crippen LogP contribution in [0.2, 0.25) is 0 Å². The second kappa shape index (κ2) is 10.9. The van der Waals surface area contributed by atoms with Crippen LogP contribution in [0.3, 0.4) is 0 Å². The highest BCUT2D eigenvalue weighted by Crippen LogP contribution is 2.40. The quantitative estimate of drug-likeness (QED) is 0.304. The highest BCUT2D eigenvalue weighted by Gasteiger charge is 2.38. The number of fused-ring (bicyclic) bond motifs is 1. The molecule has 37 heavy (non-hydrogen) atoms. The number of hydrogen-bond donors (Lipinski definition) is 1. The van der Waals surface area contributed by atoms with Gasteiger partial charge in [-0.05, 0) is 53.8 Å². The fourth-order valence-corrected chi connectivity index (χ4v) is 6.80. The Kier molecular flexibility index (Phi) is 8.00. The lowest BCUT2D eigenvalue weighted by molar-refractivity contribution is -0.122. The molecular formula is C25H30N4O5S3. The van der Waals surface area contributed by atoms with Crippen molar-refractivity contribution in [2.45, 2.75) is 54.9 Å². The van der Waals surface area contributed by atoms with Gasteiger partial charge in [0.25, 0.3) is 15.9 Å². The second-order valence-corrected chi connectivity index (χ2v) is 13.6. The summed E-state index contributed by atoms with van der Waals surface area (Å²) in [6.07, 6.45) is -0.0897. The van der Waals surface area contributed by atoms with Gasteiger partial charge in [-0.3, -0.25) is 14.4 Å². The predicted octanol–water partition coefficient (Wildman–Crippen LogP) is 4.94. The summed E-state index contributed by atoms with van der Waals surface area (Å²) in [4.78, 5) is 13.3. The lowest BCUT2D eigenvalue weighted by Gasteiger charge is -2.35. The van der Waals surface area contributed by atoms with E-state index in [9.17, 15) is 13.2 Å².